The van der Waals surface area contributed by atoms with Gasteiger partial charge in [-0.15, -0.1) is 0 Å². The Morgan fingerprint density at radius 2 is 1.94 bits per heavy atom. The van der Waals surface area contributed by atoms with Gasteiger partial charge in [-0.25, -0.2) is 0 Å². The molecule has 1 aromatic rings. The standard InChI is InChI=1S/C13H12F3NO/c1-9(8-17)2-7-12(18)10-3-5-11(6-4-10)13(14,15)16/h2-6,12,18H,7H2,1H3/b9-2+/t12-/m1/s1. The second-order valence-corrected chi connectivity index (χ2v) is 3.87. The molecule has 1 rings (SSSR count). The van der Waals surface area contributed by atoms with Gasteiger partial charge in [0, 0.05) is 5.57 Å². The van der Waals surface area contributed by atoms with Gasteiger partial charge in [0.2, 0.25) is 0 Å². The van der Waals surface area contributed by atoms with E-state index in [-0.39, 0.29) is 6.42 Å². The maximum Gasteiger partial charge on any atom is 0.416 e. The minimum atomic E-state index is -4.37. The smallest absolute Gasteiger partial charge is 0.388 e. The molecule has 0 spiro atoms. The third-order valence-electron chi connectivity index (χ3n) is 2.45. The monoisotopic (exact) mass is 255 g/mol. The molecule has 1 atom stereocenters. The van der Waals surface area contributed by atoms with Crippen LogP contribution in [-0.2, 0) is 6.18 Å². The quantitative estimate of drug-likeness (QED) is 0.838. The van der Waals surface area contributed by atoms with Crippen LogP contribution in [0.25, 0.3) is 0 Å². The maximum absolute atomic E-state index is 12.3. The van der Waals surface area contributed by atoms with Gasteiger partial charge >= 0.3 is 6.18 Å². The second kappa shape index (κ2) is 5.69. The normalized spacial score (nSPS) is 14.1. The van der Waals surface area contributed by atoms with Crippen molar-refractivity contribution in [3.05, 3.63) is 47.0 Å². The summed E-state index contributed by atoms with van der Waals surface area (Å²) in [5, 5.41) is 18.2. The van der Waals surface area contributed by atoms with Gasteiger partial charge in [0.05, 0.1) is 17.7 Å². The Bertz CT molecular complexity index is 468. The Morgan fingerprint density at radius 1 is 1.39 bits per heavy atom. The summed E-state index contributed by atoms with van der Waals surface area (Å²) in [6.07, 6.45) is -3.54. The van der Waals surface area contributed by atoms with Crippen LogP contribution < -0.4 is 0 Å². The van der Waals surface area contributed by atoms with Crippen molar-refractivity contribution >= 4 is 0 Å². The van der Waals surface area contributed by atoms with Crippen LogP contribution in [0.15, 0.2) is 35.9 Å². The Labute approximate surface area is 103 Å². The predicted octanol–water partition coefficient (Wildman–Crippen LogP) is 3.60. The Kier molecular flexibility index (Phi) is 4.51. The average Bonchev–Trinajstić information content (AvgIpc) is 2.34. The van der Waals surface area contributed by atoms with Gasteiger partial charge < -0.3 is 5.11 Å². The molecule has 0 aliphatic heterocycles. The van der Waals surface area contributed by atoms with Crippen molar-refractivity contribution in [2.24, 2.45) is 0 Å². The first-order valence-electron chi connectivity index (χ1n) is 5.26. The molecule has 1 aromatic carbocycles. The summed E-state index contributed by atoms with van der Waals surface area (Å²) in [4.78, 5) is 0. The van der Waals surface area contributed by atoms with E-state index < -0.39 is 17.8 Å². The van der Waals surface area contributed by atoms with Crippen LogP contribution in [0.1, 0.15) is 30.6 Å². The molecule has 0 saturated heterocycles. The molecule has 0 saturated carbocycles. The molecular formula is C13H12F3NO. The molecule has 0 bridgehead atoms. The van der Waals surface area contributed by atoms with E-state index >= 15 is 0 Å². The molecule has 0 unspecified atom stereocenters. The molecule has 18 heavy (non-hydrogen) atoms. The second-order valence-electron chi connectivity index (χ2n) is 3.87. The summed E-state index contributed by atoms with van der Waals surface area (Å²) in [6.45, 7) is 1.60. The highest BCUT2D eigenvalue weighted by molar-refractivity contribution is 5.27. The molecule has 0 aliphatic rings. The molecule has 1 N–H and O–H groups in total. The summed E-state index contributed by atoms with van der Waals surface area (Å²) in [7, 11) is 0. The Balaban J connectivity index is 2.77. The van der Waals surface area contributed by atoms with Crippen molar-refractivity contribution in [2.45, 2.75) is 25.6 Å². The van der Waals surface area contributed by atoms with Gasteiger partial charge in [0.25, 0.3) is 0 Å². The van der Waals surface area contributed by atoms with Crippen LogP contribution in [-0.4, -0.2) is 5.11 Å². The lowest BCUT2D eigenvalue weighted by Gasteiger charge is -2.11. The van der Waals surface area contributed by atoms with Crippen molar-refractivity contribution in [1.82, 2.24) is 0 Å². The fourth-order valence-electron chi connectivity index (χ4n) is 1.36. The van der Waals surface area contributed by atoms with Crippen molar-refractivity contribution in [1.29, 1.82) is 5.26 Å². The lowest BCUT2D eigenvalue weighted by Crippen LogP contribution is -2.05. The number of nitrogens with zero attached hydrogens (tertiary/aromatic N) is 1. The SMILES string of the molecule is C/C(C#N)=C\C[C@@H](O)c1ccc(C(F)(F)F)cc1. The maximum atomic E-state index is 12.3. The number of rotatable bonds is 3. The molecule has 0 aliphatic carbocycles. The van der Waals surface area contributed by atoms with Gasteiger partial charge in [0.1, 0.15) is 0 Å². The molecule has 0 amide bonds. The largest absolute Gasteiger partial charge is 0.416 e. The number of nitriles is 1. The summed E-state index contributed by atoms with van der Waals surface area (Å²) >= 11 is 0. The van der Waals surface area contributed by atoms with Crippen molar-refractivity contribution in [3.63, 3.8) is 0 Å². The van der Waals surface area contributed by atoms with Gasteiger partial charge in [0.15, 0.2) is 0 Å². The van der Waals surface area contributed by atoms with Crippen LogP contribution in [0.5, 0.6) is 0 Å². The molecule has 0 heterocycles. The van der Waals surface area contributed by atoms with E-state index in [2.05, 4.69) is 0 Å². The molecule has 96 valence electrons. The topological polar surface area (TPSA) is 44.0 Å². The van der Waals surface area contributed by atoms with E-state index in [1.54, 1.807) is 13.0 Å². The number of hydrogen-bond donors (Lipinski definition) is 1. The molecule has 5 heteroatoms. The highest BCUT2D eigenvalue weighted by Gasteiger charge is 2.30. The van der Waals surface area contributed by atoms with Gasteiger partial charge in [-0.3, -0.25) is 0 Å². The van der Waals surface area contributed by atoms with Gasteiger partial charge in [-0.2, -0.15) is 18.4 Å². The molecule has 0 fully saturated rings. The van der Waals surface area contributed by atoms with E-state index in [4.69, 9.17) is 5.26 Å². The first-order chi connectivity index (χ1) is 8.34. The van der Waals surface area contributed by atoms with Gasteiger partial charge in [-0.1, -0.05) is 18.2 Å². The number of aliphatic hydroxyl groups is 1. The highest BCUT2D eigenvalue weighted by atomic mass is 19.4. The third kappa shape index (κ3) is 3.90. The van der Waals surface area contributed by atoms with Crippen LogP contribution >= 0.6 is 0 Å². The summed E-state index contributed by atoms with van der Waals surface area (Å²) in [5.74, 6) is 0. The average molecular weight is 255 g/mol. The zero-order chi connectivity index (χ0) is 13.8. The first-order valence-corrected chi connectivity index (χ1v) is 5.26. The Hall–Kier alpha value is -1.80. The van der Waals surface area contributed by atoms with E-state index in [9.17, 15) is 18.3 Å². The lowest BCUT2D eigenvalue weighted by atomic mass is 10.0. The van der Waals surface area contributed by atoms with Crippen molar-refractivity contribution in [3.8, 4) is 6.07 Å². The number of hydrogen-bond acceptors (Lipinski definition) is 2. The fraction of sp³-hybridized carbons (Fsp3) is 0.308. The number of halogens is 3. The van der Waals surface area contributed by atoms with E-state index in [1.807, 2.05) is 6.07 Å². The number of aliphatic hydroxyl groups excluding tert-OH is 1. The summed E-state index contributed by atoms with van der Waals surface area (Å²) in [5.41, 5.74) is 0.105. The Morgan fingerprint density at radius 3 is 2.39 bits per heavy atom. The molecule has 2 nitrogen and oxygen atoms in total. The van der Waals surface area contributed by atoms with Crippen LogP contribution in [0.2, 0.25) is 0 Å². The van der Waals surface area contributed by atoms with E-state index in [0.29, 0.717) is 11.1 Å². The number of alkyl halides is 3. The fourth-order valence-corrected chi connectivity index (χ4v) is 1.36. The zero-order valence-corrected chi connectivity index (χ0v) is 9.70. The highest BCUT2D eigenvalue weighted by Crippen LogP contribution is 2.30. The van der Waals surface area contributed by atoms with Gasteiger partial charge in [-0.05, 0) is 31.0 Å². The minimum absolute atomic E-state index is 0.199. The minimum Gasteiger partial charge on any atom is -0.388 e. The van der Waals surface area contributed by atoms with E-state index in [1.165, 1.54) is 12.1 Å². The molecule has 0 aromatic heterocycles. The summed E-state index contributed by atoms with van der Waals surface area (Å²) in [6, 6.07) is 6.24. The predicted molar refractivity (Wildman–Crippen MR) is 60.4 cm³/mol. The first kappa shape index (κ1) is 14.3. The number of allylic oxidation sites excluding steroid dienone is 1. The summed E-state index contributed by atoms with van der Waals surface area (Å²) < 4.78 is 36.9. The zero-order valence-electron chi connectivity index (χ0n) is 9.70. The van der Waals surface area contributed by atoms with Crippen LogP contribution in [0.4, 0.5) is 13.2 Å². The molecule has 0 radical (unpaired) electrons. The van der Waals surface area contributed by atoms with Crippen LogP contribution in [0, 0.1) is 11.3 Å². The van der Waals surface area contributed by atoms with Crippen molar-refractivity contribution in [2.75, 3.05) is 0 Å². The number of benzene rings is 1. The molecular weight excluding hydrogens is 243 g/mol. The van der Waals surface area contributed by atoms with Crippen LogP contribution in [0.3, 0.4) is 0 Å². The lowest BCUT2D eigenvalue weighted by molar-refractivity contribution is -0.137. The van der Waals surface area contributed by atoms with Crippen molar-refractivity contribution < 1.29 is 18.3 Å². The van der Waals surface area contributed by atoms with E-state index in [0.717, 1.165) is 12.1 Å². The third-order valence-corrected chi connectivity index (χ3v) is 2.45.